The summed E-state index contributed by atoms with van der Waals surface area (Å²) in [5.74, 6) is 1.54. The molecule has 2 aromatic rings. The van der Waals surface area contributed by atoms with Gasteiger partial charge in [-0.25, -0.2) is 9.97 Å². The first-order valence-electron chi connectivity index (χ1n) is 7.24. The average molecular weight is 283 g/mol. The number of nitrogens with two attached hydrogens (primary N) is 1. The van der Waals surface area contributed by atoms with E-state index in [2.05, 4.69) is 18.8 Å². The van der Waals surface area contributed by atoms with Gasteiger partial charge >= 0.3 is 0 Å². The van der Waals surface area contributed by atoms with Gasteiger partial charge in [-0.3, -0.25) is 0 Å². The second kappa shape index (κ2) is 5.11. The van der Waals surface area contributed by atoms with Crippen molar-refractivity contribution in [2.75, 3.05) is 7.11 Å². The van der Waals surface area contributed by atoms with Gasteiger partial charge in [-0.1, -0.05) is 26.0 Å². The van der Waals surface area contributed by atoms with Gasteiger partial charge in [-0.15, -0.1) is 0 Å². The molecule has 4 nitrogen and oxygen atoms in total. The fraction of sp³-hybridized carbons (Fsp3) is 0.412. The predicted octanol–water partition coefficient (Wildman–Crippen LogP) is 3.12. The van der Waals surface area contributed by atoms with Crippen molar-refractivity contribution in [2.24, 2.45) is 11.1 Å². The molecule has 0 saturated heterocycles. The molecule has 1 heterocycles. The van der Waals surface area contributed by atoms with Crippen LogP contribution in [-0.2, 0) is 6.42 Å². The summed E-state index contributed by atoms with van der Waals surface area (Å²) in [6, 6.07) is 7.85. The lowest BCUT2D eigenvalue weighted by atomic mass is 9.74. The highest BCUT2D eigenvalue weighted by Gasteiger charge is 2.31. The third-order valence-electron chi connectivity index (χ3n) is 4.05. The number of fused-ring (bicyclic) bond motifs is 1. The van der Waals surface area contributed by atoms with E-state index in [-0.39, 0.29) is 11.5 Å². The first kappa shape index (κ1) is 14.0. The van der Waals surface area contributed by atoms with E-state index in [0.29, 0.717) is 0 Å². The van der Waals surface area contributed by atoms with Crippen molar-refractivity contribution in [3.63, 3.8) is 0 Å². The summed E-state index contributed by atoms with van der Waals surface area (Å²) in [6.45, 7) is 4.48. The maximum Gasteiger partial charge on any atom is 0.159 e. The molecule has 0 amide bonds. The number of hydrogen-bond acceptors (Lipinski definition) is 4. The zero-order chi connectivity index (χ0) is 15.0. The number of ether oxygens (including phenoxy) is 1. The molecule has 0 bridgehead atoms. The number of hydrogen-bond donors (Lipinski definition) is 1. The SMILES string of the molecule is COc1cccc(-c2ncc3c(n2)CC(C)(C)CC3N)c1. The van der Waals surface area contributed by atoms with Gasteiger partial charge in [-0.05, 0) is 30.4 Å². The third kappa shape index (κ3) is 2.76. The smallest absolute Gasteiger partial charge is 0.159 e. The van der Waals surface area contributed by atoms with E-state index in [9.17, 15) is 0 Å². The largest absolute Gasteiger partial charge is 0.497 e. The monoisotopic (exact) mass is 283 g/mol. The van der Waals surface area contributed by atoms with Gasteiger partial charge in [0.25, 0.3) is 0 Å². The summed E-state index contributed by atoms with van der Waals surface area (Å²) < 4.78 is 5.26. The molecule has 110 valence electrons. The molecule has 1 atom stereocenters. The fourth-order valence-electron chi connectivity index (χ4n) is 3.01. The molecule has 1 unspecified atom stereocenters. The Labute approximate surface area is 125 Å². The van der Waals surface area contributed by atoms with Gasteiger partial charge < -0.3 is 10.5 Å². The number of methoxy groups -OCH3 is 1. The van der Waals surface area contributed by atoms with E-state index in [1.165, 1.54) is 0 Å². The molecule has 0 radical (unpaired) electrons. The Morgan fingerprint density at radius 2 is 2.14 bits per heavy atom. The maximum absolute atomic E-state index is 6.26. The molecule has 21 heavy (non-hydrogen) atoms. The van der Waals surface area contributed by atoms with E-state index in [1.54, 1.807) is 7.11 Å². The van der Waals surface area contributed by atoms with Crippen LogP contribution >= 0.6 is 0 Å². The molecule has 1 aromatic heterocycles. The third-order valence-corrected chi connectivity index (χ3v) is 4.05. The van der Waals surface area contributed by atoms with Crippen molar-refractivity contribution in [1.82, 2.24) is 9.97 Å². The standard InChI is InChI=1S/C17H21N3O/c1-17(2)8-14(18)13-10-19-16(20-15(13)9-17)11-5-4-6-12(7-11)21-3/h4-7,10,14H,8-9,18H2,1-3H3. The van der Waals surface area contributed by atoms with Crippen LogP contribution in [0.5, 0.6) is 5.75 Å². The van der Waals surface area contributed by atoms with Crippen LogP contribution in [0.15, 0.2) is 30.5 Å². The zero-order valence-corrected chi connectivity index (χ0v) is 12.8. The Kier molecular flexibility index (Phi) is 3.41. The Morgan fingerprint density at radius 1 is 1.33 bits per heavy atom. The van der Waals surface area contributed by atoms with Crippen LogP contribution in [0.1, 0.15) is 37.6 Å². The van der Waals surface area contributed by atoms with Crippen molar-refractivity contribution in [3.8, 4) is 17.1 Å². The molecule has 2 N–H and O–H groups in total. The Balaban J connectivity index is 2.03. The molecule has 0 saturated carbocycles. The molecular weight excluding hydrogens is 262 g/mol. The second-order valence-electron chi connectivity index (χ2n) is 6.48. The van der Waals surface area contributed by atoms with E-state index in [1.807, 2.05) is 30.5 Å². The average Bonchev–Trinajstić information content (AvgIpc) is 2.45. The maximum atomic E-state index is 6.26. The highest BCUT2D eigenvalue weighted by molar-refractivity contribution is 5.58. The van der Waals surface area contributed by atoms with Gasteiger partial charge in [0.1, 0.15) is 5.75 Å². The summed E-state index contributed by atoms with van der Waals surface area (Å²) in [7, 11) is 1.66. The van der Waals surface area contributed by atoms with Crippen LogP contribution < -0.4 is 10.5 Å². The lowest BCUT2D eigenvalue weighted by Gasteiger charge is -2.34. The molecule has 0 fully saturated rings. The number of benzene rings is 1. The normalized spacial score (nSPS) is 19.9. The summed E-state index contributed by atoms with van der Waals surface area (Å²) in [4.78, 5) is 9.25. The first-order chi connectivity index (χ1) is 9.98. The first-order valence-corrected chi connectivity index (χ1v) is 7.24. The molecule has 1 aliphatic rings. The van der Waals surface area contributed by atoms with Crippen LogP contribution in [0, 0.1) is 5.41 Å². The summed E-state index contributed by atoms with van der Waals surface area (Å²) >= 11 is 0. The minimum Gasteiger partial charge on any atom is -0.497 e. The van der Waals surface area contributed by atoms with E-state index < -0.39 is 0 Å². The van der Waals surface area contributed by atoms with Crippen molar-refractivity contribution in [3.05, 3.63) is 41.7 Å². The lowest BCUT2D eigenvalue weighted by Crippen LogP contribution is -2.30. The molecule has 1 aliphatic carbocycles. The number of nitrogens with zero attached hydrogens (tertiary/aromatic N) is 2. The van der Waals surface area contributed by atoms with Crippen LogP contribution in [-0.4, -0.2) is 17.1 Å². The Bertz CT molecular complexity index is 667. The van der Waals surface area contributed by atoms with Crippen molar-refractivity contribution in [2.45, 2.75) is 32.7 Å². The Morgan fingerprint density at radius 3 is 2.90 bits per heavy atom. The molecule has 0 spiro atoms. The number of aromatic nitrogens is 2. The lowest BCUT2D eigenvalue weighted by molar-refractivity contribution is 0.278. The number of rotatable bonds is 2. The van der Waals surface area contributed by atoms with Crippen LogP contribution in [0.3, 0.4) is 0 Å². The topological polar surface area (TPSA) is 61.0 Å². The quantitative estimate of drug-likeness (QED) is 0.920. The minimum atomic E-state index is 0.0307. The summed E-state index contributed by atoms with van der Waals surface area (Å²) in [6.07, 6.45) is 3.80. The summed E-state index contributed by atoms with van der Waals surface area (Å²) in [5, 5.41) is 0. The zero-order valence-electron chi connectivity index (χ0n) is 12.8. The molecule has 0 aliphatic heterocycles. The predicted molar refractivity (Wildman–Crippen MR) is 83.1 cm³/mol. The van der Waals surface area contributed by atoms with Crippen molar-refractivity contribution in [1.29, 1.82) is 0 Å². The van der Waals surface area contributed by atoms with Gasteiger partial charge in [0, 0.05) is 29.1 Å². The highest BCUT2D eigenvalue weighted by atomic mass is 16.5. The van der Waals surface area contributed by atoms with Gasteiger partial charge in [0.15, 0.2) is 5.82 Å². The van der Waals surface area contributed by atoms with Crippen molar-refractivity contribution >= 4 is 0 Å². The molecule has 1 aromatic carbocycles. The van der Waals surface area contributed by atoms with Gasteiger partial charge in [0.05, 0.1) is 7.11 Å². The molecular formula is C17H21N3O. The fourth-order valence-corrected chi connectivity index (χ4v) is 3.01. The van der Waals surface area contributed by atoms with Crippen LogP contribution in [0.25, 0.3) is 11.4 Å². The van der Waals surface area contributed by atoms with E-state index >= 15 is 0 Å². The second-order valence-corrected chi connectivity index (χ2v) is 6.48. The van der Waals surface area contributed by atoms with Crippen LogP contribution in [0.4, 0.5) is 0 Å². The highest BCUT2D eigenvalue weighted by Crippen LogP contribution is 2.39. The summed E-state index contributed by atoms with van der Waals surface area (Å²) in [5.41, 5.74) is 9.57. The molecule has 3 rings (SSSR count). The van der Waals surface area contributed by atoms with Crippen molar-refractivity contribution < 1.29 is 4.74 Å². The van der Waals surface area contributed by atoms with E-state index in [4.69, 9.17) is 15.5 Å². The van der Waals surface area contributed by atoms with Gasteiger partial charge in [0.2, 0.25) is 0 Å². The minimum absolute atomic E-state index is 0.0307. The Hall–Kier alpha value is -1.94. The van der Waals surface area contributed by atoms with Crippen LogP contribution in [0.2, 0.25) is 0 Å². The van der Waals surface area contributed by atoms with Gasteiger partial charge in [-0.2, -0.15) is 0 Å². The van der Waals surface area contributed by atoms with E-state index in [0.717, 1.165) is 41.2 Å². The molecule has 4 heteroatoms.